The van der Waals surface area contributed by atoms with E-state index in [4.69, 9.17) is 14.7 Å². The van der Waals surface area contributed by atoms with Crippen LogP contribution in [0.15, 0.2) is 95.0 Å². The molecule has 0 bridgehead atoms. The number of rotatable bonds is 11. The molecule has 6 atom stereocenters. The van der Waals surface area contributed by atoms with E-state index in [1.807, 2.05) is 38.2 Å². The number of nitrogens with one attached hydrogen (secondary N) is 2. The van der Waals surface area contributed by atoms with E-state index in [0.29, 0.717) is 117 Å². The smallest absolute Gasteiger partial charge is 0.372 e. The summed E-state index contributed by atoms with van der Waals surface area (Å²) in [5.74, 6) is 0.930. The number of amides is 2. The van der Waals surface area contributed by atoms with Gasteiger partial charge in [0.2, 0.25) is 11.8 Å². The van der Waals surface area contributed by atoms with Gasteiger partial charge in [0.05, 0.1) is 84.2 Å². The van der Waals surface area contributed by atoms with Crippen LogP contribution in [0.2, 0.25) is 0 Å². The first-order valence-corrected chi connectivity index (χ1v) is 27.6. The molecule has 10 heterocycles. The minimum absolute atomic E-state index is 0.0330. The minimum Gasteiger partial charge on any atom is -0.372 e. The Balaban J connectivity index is 0.728. The molecule has 434 valence electrons. The molecule has 4 aromatic heterocycles. The number of benzene rings is 2. The van der Waals surface area contributed by atoms with Gasteiger partial charge in [-0.2, -0.15) is 47.1 Å². The molecule has 2 aromatic carbocycles. The molecule has 6 aliphatic heterocycles. The highest BCUT2D eigenvalue weighted by Crippen LogP contribution is 2.49. The first-order chi connectivity index (χ1) is 40.4. The second-order valence-electron chi connectivity index (χ2n) is 21.8. The van der Waals surface area contributed by atoms with Gasteiger partial charge in [0, 0.05) is 83.4 Å². The van der Waals surface area contributed by atoms with Crippen LogP contribution in [0.3, 0.4) is 0 Å². The number of halogens is 6. The number of ether oxygens (including phenoxy) is 2. The third-order valence-corrected chi connectivity index (χ3v) is 16.9. The van der Waals surface area contributed by atoms with Crippen LogP contribution in [-0.4, -0.2) is 129 Å². The molecule has 6 aliphatic rings. The van der Waals surface area contributed by atoms with Gasteiger partial charge < -0.3 is 38.9 Å². The Morgan fingerprint density at radius 3 is 1.64 bits per heavy atom. The van der Waals surface area contributed by atoms with Crippen LogP contribution in [0.25, 0.3) is 11.1 Å². The molecule has 2 N–H and O–H groups in total. The highest BCUT2D eigenvalue weighted by molar-refractivity contribution is 5.79. The summed E-state index contributed by atoms with van der Waals surface area (Å²) >= 11 is 0. The standard InChI is InChI=1S/C58H54F6N14O6/c59-57(60,61)51-43(29-69-71-55(51)81)77-31-35-3-1-2-4-40(35)53(77)45-10-8-38(83-45)22-50(80)76-19-15-74(16-20-76)48-24-41(37(26-66)28-68-48)34-6-7-36-32-78(44-30-70-72-56(82)52(44)58(62,63)64)54(42(36)21-34)46-11-9-39(84-46)23-49(79)75-17-13-73(14-18-75)47-12-5-33(25-65)27-67-47/h1-7,12,21,24,27-30,38-39,45-46,53-54H,8-11,13-20,22-23,31-32H2,(H,71,81)(H,72,82)/t38-,39-,45+,46+,53-,54+/m1/s1. The quantitative estimate of drug-likeness (QED) is 0.127. The number of piperazine rings is 2. The Kier molecular flexibility index (Phi) is 14.8. The van der Waals surface area contributed by atoms with Crippen molar-refractivity contribution in [2.45, 2.75) is 100 Å². The van der Waals surface area contributed by atoms with E-state index in [2.05, 4.69) is 32.3 Å². The molecule has 0 saturated carbocycles. The molecule has 0 radical (unpaired) electrons. The molecule has 26 heteroatoms. The van der Waals surface area contributed by atoms with Crippen LogP contribution in [0, 0.1) is 22.7 Å². The molecule has 2 amide bonds. The van der Waals surface area contributed by atoms with E-state index in [0.717, 1.165) is 23.5 Å². The summed E-state index contributed by atoms with van der Waals surface area (Å²) in [6.07, 6.45) is -5.57. The van der Waals surface area contributed by atoms with Gasteiger partial charge in [-0.3, -0.25) is 19.2 Å². The van der Waals surface area contributed by atoms with Gasteiger partial charge in [-0.1, -0.05) is 36.4 Å². The number of hydrogen-bond donors (Lipinski definition) is 2. The van der Waals surface area contributed by atoms with Crippen LogP contribution in [0.4, 0.5) is 49.4 Å². The first-order valence-electron chi connectivity index (χ1n) is 27.6. The molecule has 0 aliphatic carbocycles. The number of fused-ring (bicyclic) bond motifs is 2. The molecular formula is C58H54F6N14O6. The summed E-state index contributed by atoms with van der Waals surface area (Å²) in [4.78, 5) is 72.6. The predicted molar refractivity (Wildman–Crippen MR) is 290 cm³/mol. The van der Waals surface area contributed by atoms with Gasteiger partial charge in [-0.25, -0.2) is 20.2 Å². The zero-order valence-electron chi connectivity index (χ0n) is 44.9. The Bertz CT molecular complexity index is 3720. The number of nitriles is 2. The van der Waals surface area contributed by atoms with Crippen molar-refractivity contribution in [3.8, 4) is 23.3 Å². The summed E-state index contributed by atoms with van der Waals surface area (Å²) in [6.45, 7) is 3.36. The van der Waals surface area contributed by atoms with E-state index < -0.39 is 76.8 Å². The molecule has 4 saturated heterocycles. The zero-order valence-corrected chi connectivity index (χ0v) is 44.9. The average molecular weight is 1160 g/mol. The van der Waals surface area contributed by atoms with Gasteiger partial charge in [0.1, 0.15) is 34.9 Å². The van der Waals surface area contributed by atoms with Gasteiger partial charge in [-0.05, 0) is 77.8 Å². The van der Waals surface area contributed by atoms with Crippen LogP contribution in [0.5, 0.6) is 0 Å². The third kappa shape index (κ3) is 10.7. The largest absolute Gasteiger partial charge is 0.423 e. The SMILES string of the molecule is N#Cc1ccc(N2CCN(C(=O)C[C@H]3CC[C@@H]([C@@H]4c5cc(-c6cc(N7CCN(C(=O)C[C@H]8CC[C@@H]([C@H]9c%10ccccc%10CN9c9cn[nH]c(=O)c9C(F)(F)F)O8)CC7)ncc6C#N)ccc5CN4c4cn[nH]c(=O)c4C(F)(F)F)O3)CC2)nc1. The molecule has 20 nitrogen and oxygen atoms in total. The maximum absolute atomic E-state index is 14.8. The number of H-pyrrole nitrogens is 2. The van der Waals surface area contributed by atoms with Crippen LogP contribution < -0.4 is 30.7 Å². The Hall–Kier alpha value is -8.88. The predicted octanol–water partition coefficient (Wildman–Crippen LogP) is 6.79. The summed E-state index contributed by atoms with van der Waals surface area (Å²) < 4.78 is 100. The van der Waals surface area contributed by atoms with E-state index in [9.17, 15) is 50.8 Å². The van der Waals surface area contributed by atoms with E-state index in [1.165, 1.54) is 22.2 Å². The Labute approximate surface area is 475 Å². The lowest BCUT2D eigenvalue weighted by Crippen LogP contribution is -2.49. The van der Waals surface area contributed by atoms with Crippen molar-refractivity contribution < 1.29 is 45.4 Å². The number of aromatic nitrogens is 6. The van der Waals surface area contributed by atoms with Crippen molar-refractivity contribution in [1.29, 1.82) is 10.5 Å². The van der Waals surface area contributed by atoms with E-state index in [1.54, 1.807) is 52.3 Å². The third-order valence-electron chi connectivity index (χ3n) is 16.9. The second kappa shape index (κ2) is 22.4. The summed E-state index contributed by atoms with van der Waals surface area (Å²) in [6, 6.07) is 20.6. The van der Waals surface area contributed by atoms with E-state index in [-0.39, 0.29) is 49.0 Å². The van der Waals surface area contributed by atoms with Crippen molar-refractivity contribution in [1.82, 2.24) is 40.2 Å². The molecule has 84 heavy (non-hydrogen) atoms. The summed E-state index contributed by atoms with van der Waals surface area (Å²) in [7, 11) is 0. The highest BCUT2D eigenvalue weighted by atomic mass is 19.4. The Morgan fingerprint density at radius 1 is 0.595 bits per heavy atom. The lowest BCUT2D eigenvalue weighted by Gasteiger charge is -2.36. The number of hydrogen-bond acceptors (Lipinski definition) is 16. The molecule has 0 unspecified atom stereocenters. The van der Waals surface area contributed by atoms with Crippen LogP contribution >= 0.6 is 0 Å². The topological polar surface area (TPSA) is 237 Å². The zero-order chi connectivity index (χ0) is 58.6. The Morgan fingerprint density at radius 2 is 1.12 bits per heavy atom. The maximum Gasteiger partial charge on any atom is 0.423 e. The summed E-state index contributed by atoms with van der Waals surface area (Å²) in [5, 5.41) is 30.9. The number of pyridine rings is 2. The molecule has 12 rings (SSSR count). The van der Waals surface area contributed by atoms with Gasteiger partial charge >= 0.3 is 12.4 Å². The average Bonchev–Trinajstić information content (AvgIpc) is 2.53. The van der Waals surface area contributed by atoms with Gasteiger partial charge in [-0.15, -0.1) is 0 Å². The second-order valence-corrected chi connectivity index (χ2v) is 21.8. The number of nitrogens with zero attached hydrogens (tertiary/aromatic N) is 12. The highest BCUT2D eigenvalue weighted by Gasteiger charge is 2.48. The fraction of sp³-hybridized carbons (Fsp3) is 0.414. The van der Waals surface area contributed by atoms with Crippen molar-refractivity contribution in [3.05, 3.63) is 151 Å². The lowest BCUT2D eigenvalue weighted by atomic mass is 9.93. The fourth-order valence-electron chi connectivity index (χ4n) is 12.9. The van der Waals surface area contributed by atoms with Crippen LogP contribution in [-0.2, 0) is 44.5 Å². The van der Waals surface area contributed by atoms with Crippen molar-refractivity contribution in [2.24, 2.45) is 0 Å². The summed E-state index contributed by atoms with van der Waals surface area (Å²) in [5.41, 5.74) is -1.69. The number of carbonyl (C=O) groups is 2. The van der Waals surface area contributed by atoms with Gasteiger partial charge in [0.15, 0.2) is 0 Å². The number of anilines is 4. The fourth-order valence-corrected chi connectivity index (χ4v) is 12.9. The van der Waals surface area contributed by atoms with Crippen molar-refractivity contribution in [2.75, 3.05) is 72.0 Å². The number of alkyl halides is 6. The molecule has 4 fully saturated rings. The normalized spacial score (nSPS) is 22.5. The molecular weight excluding hydrogens is 1100 g/mol. The molecule has 0 spiro atoms. The van der Waals surface area contributed by atoms with Crippen LogP contribution in [0.1, 0.15) is 95.1 Å². The lowest BCUT2D eigenvalue weighted by molar-refractivity contribution is -0.139. The maximum atomic E-state index is 14.8. The van der Waals surface area contributed by atoms with Crippen molar-refractivity contribution >= 4 is 34.8 Å². The number of carbonyl (C=O) groups excluding carboxylic acids is 2. The minimum atomic E-state index is -5.04. The van der Waals surface area contributed by atoms with Gasteiger partial charge in [0.25, 0.3) is 11.1 Å². The molecule has 6 aromatic rings. The van der Waals surface area contributed by atoms with Crippen molar-refractivity contribution in [3.63, 3.8) is 0 Å². The first kappa shape index (κ1) is 55.6. The monoisotopic (exact) mass is 1160 g/mol. The van der Waals surface area contributed by atoms with E-state index >= 15 is 0 Å². The number of aromatic amines is 2.